The Hall–Kier alpha value is -1.70. The number of hydrogen-bond acceptors (Lipinski definition) is 9. The van der Waals surface area contributed by atoms with Crippen LogP contribution in [0.5, 0.6) is 5.75 Å². The molecule has 3 heterocycles. The third-order valence-electron chi connectivity index (χ3n) is 6.11. The molecule has 3 N–H and O–H groups in total. The lowest BCUT2D eigenvalue weighted by Crippen LogP contribution is -2.43. The number of benzene rings is 1. The van der Waals surface area contributed by atoms with Gasteiger partial charge in [-0.3, -0.25) is 23.4 Å². The predicted molar refractivity (Wildman–Crippen MR) is 140 cm³/mol. The summed E-state index contributed by atoms with van der Waals surface area (Å²) < 4.78 is 90.7. The van der Waals surface area contributed by atoms with Gasteiger partial charge in [-0.15, -0.1) is 0 Å². The maximum absolute atomic E-state index is 16.3. The van der Waals surface area contributed by atoms with Crippen LogP contribution >= 0.6 is 31.6 Å². The van der Waals surface area contributed by atoms with Crippen molar-refractivity contribution in [3.8, 4) is 5.75 Å². The molecule has 0 amide bonds. The number of fused-ring (bicyclic) bond motifs is 1. The molecule has 1 unspecified atom stereocenters. The van der Waals surface area contributed by atoms with Crippen LogP contribution in [-0.2, 0) is 35.8 Å². The van der Waals surface area contributed by atoms with Crippen LogP contribution in [0.3, 0.4) is 0 Å². The van der Waals surface area contributed by atoms with E-state index in [1.165, 1.54) is 6.07 Å². The van der Waals surface area contributed by atoms with Crippen LogP contribution in [0.2, 0.25) is 5.02 Å². The molecule has 2 aliphatic rings. The highest BCUT2D eigenvalue weighted by Gasteiger charge is 2.57. The first-order chi connectivity index (χ1) is 18.9. The molecular formula is C24H30ClF2N2O8PS. The zero-order valence-corrected chi connectivity index (χ0v) is 24.3. The summed E-state index contributed by atoms with van der Waals surface area (Å²) in [5.74, 6) is -5.05. The van der Waals surface area contributed by atoms with Crippen LogP contribution in [0, 0.1) is 10.6 Å². The molecule has 2 aliphatic heterocycles. The molecule has 5 atom stereocenters. The number of rotatable bonds is 4. The number of H-pyrrole nitrogens is 1. The maximum Gasteiger partial charge on any atom is 0.530 e. The summed E-state index contributed by atoms with van der Waals surface area (Å²) in [6, 6.07) is 1.53. The molecule has 15 heteroatoms. The molecule has 4 rings (SSSR count). The summed E-state index contributed by atoms with van der Waals surface area (Å²) >= 11 is 10.7. The summed E-state index contributed by atoms with van der Waals surface area (Å²) in [6.07, 6.45) is -7.79. The van der Waals surface area contributed by atoms with Crippen molar-refractivity contribution in [1.29, 1.82) is 0 Å². The smallest absolute Gasteiger partial charge is 0.403 e. The van der Waals surface area contributed by atoms with Crippen molar-refractivity contribution in [2.75, 3.05) is 6.56 Å². The minimum absolute atomic E-state index is 0.111. The second-order valence-electron chi connectivity index (χ2n) is 11.2. The van der Waals surface area contributed by atoms with E-state index in [1.54, 1.807) is 41.5 Å². The SMILES string of the molecule is [2H]C([2H])(OP1(=O)OCc2c(F)c(C(C)(C)C)cc(C(C)(C)C)c2O1)[C@@]1(F)O[C@@]([2H])(n2cc(Cl)c(=O)[nH]c2=S)[C@H](O)[C@@H]1O. The second kappa shape index (κ2) is 9.99. The molecule has 0 saturated carbocycles. The number of nitrogens with one attached hydrogen (secondary N) is 1. The first kappa shape index (κ1) is 26.2. The highest BCUT2D eigenvalue weighted by Crippen LogP contribution is 2.58. The zero-order chi connectivity index (χ0) is 32.0. The van der Waals surface area contributed by atoms with Crippen LogP contribution in [0.25, 0.3) is 0 Å². The third-order valence-corrected chi connectivity index (χ3v) is 7.85. The van der Waals surface area contributed by atoms with Crippen LogP contribution in [0.15, 0.2) is 17.1 Å². The minimum atomic E-state index is -5.13. The van der Waals surface area contributed by atoms with Crippen LogP contribution in [0.4, 0.5) is 8.78 Å². The minimum Gasteiger partial charge on any atom is -0.403 e. The Morgan fingerprint density at radius 3 is 2.54 bits per heavy atom. The van der Waals surface area contributed by atoms with E-state index in [2.05, 4.69) is 4.98 Å². The number of aromatic amines is 1. The average molecular weight is 614 g/mol. The highest BCUT2D eigenvalue weighted by atomic mass is 35.5. The molecular weight excluding hydrogens is 581 g/mol. The van der Waals surface area contributed by atoms with Gasteiger partial charge in [-0.2, -0.15) is 0 Å². The van der Waals surface area contributed by atoms with Crippen LogP contribution in [-0.4, -0.2) is 44.4 Å². The van der Waals surface area contributed by atoms with E-state index in [9.17, 15) is 19.6 Å². The number of aromatic nitrogens is 2. The normalized spacial score (nSPS) is 32.6. The molecule has 0 radical (unpaired) electrons. The quantitative estimate of drug-likeness (QED) is 0.324. The van der Waals surface area contributed by atoms with Crippen LogP contribution in [0.1, 0.15) is 68.5 Å². The first-order valence-corrected chi connectivity index (χ1v) is 13.9. The number of nitrogens with zero attached hydrogens (tertiary/aromatic N) is 1. The van der Waals surface area contributed by atoms with Crippen molar-refractivity contribution in [3.63, 3.8) is 0 Å². The van der Waals surface area contributed by atoms with E-state index in [1.807, 2.05) is 0 Å². The van der Waals surface area contributed by atoms with Crippen molar-refractivity contribution < 1.29 is 46.0 Å². The molecule has 216 valence electrons. The van der Waals surface area contributed by atoms with Gasteiger partial charge in [0, 0.05) is 11.8 Å². The highest BCUT2D eigenvalue weighted by molar-refractivity contribution is 7.71. The van der Waals surface area contributed by atoms with Gasteiger partial charge < -0.3 is 19.5 Å². The summed E-state index contributed by atoms with van der Waals surface area (Å²) in [5, 5.41) is 20.6. The van der Waals surface area contributed by atoms with E-state index in [-0.39, 0.29) is 11.3 Å². The number of phosphoric ester groups is 1. The van der Waals surface area contributed by atoms with E-state index < -0.39 is 77.3 Å². The van der Waals surface area contributed by atoms with Gasteiger partial charge in [0.1, 0.15) is 35.4 Å². The van der Waals surface area contributed by atoms with Gasteiger partial charge in [0.05, 0.1) is 16.3 Å². The fourth-order valence-electron chi connectivity index (χ4n) is 3.97. The third kappa shape index (κ3) is 5.60. The Bertz CT molecular complexity index is 1610. The standard InChI is InChI=1S/C24H30ClF2N2O8PS/c1-22(2,3)12-7-13(23(4,5)6)17-11(15(12)26)9-34-38(33,37-17)35-10-24(27)18(31)16(30)20(36-24)29-8-14(25)19(32)28-21(29)39/h7-8,16,18,20,30-31H,9-10H2,1-6H3,(H,28,32,39)/t16-,18+,20-,24-,38?/m1/s1/i10D2,20D. The van der Waals surface area contributed by atoms with Crippen molar-refractivity contribution >= 4 is 31.6 Å². The van der Waals surface area contributed by atoms with Crippen molar-refractivity contribution in [2.45, 2.75) is 83.2 Å². The summed E-state index contributed by atoms with van der Waals surface area (Å²) in [5.41, 5.74) is -1.65. The van der Waals surface area contributed by atoms with Crippen LogP contribution < -0.4 is 10.1 Å². The molecule has 0 bridgehead atoms. The van der Waals surface area contributed by atoms with Gasteiger partial charge >= 0.3 is 7.82 Å². The fourth-order valence-corrected chi connectivity index (χ4v) is 5.45. The van der Waals surface area contributed by atoms with E-state index in [0.29, 0.717) is 21.9 Å². The van der Waals surface area contributed by atoms with Gasteiger partial charge in [-0.25, -0.2) is 13.3 Å². The number of aliphatic hydroxyl groups excluding tert-OH is 2. The second-order valence-corrected chi connectivity index (χ2v) is 13.5. The number of halogens is 3. The molecule has 2 aromatic rings. The molecule has 1 fully saturated rings. The summed E-state index contributed by atoms with van der Waals surface area (Å²) in [6.45, 7) is 6.06. The molecule has 1 aromatic heterocycles. The topological polar surface area (TPSA) is 132 Å². The molecule has 10 nitrogen and oxygen atoms in total. The Labute approximate surface area is 237 Å². The Morgan fingerprint density at radius 1 is 1.33 bits per heavy atom. The van der Waals surface area contributed by atoms with Crippen molar-refractivity contribution in [2.24, 2.45) is 0 Å². The van der Waals surface area contributed by atoms with Gasteiger partial charge in [-0.1, -0.05) is 53.1 Å². The van der Waals surface area contributed by atoms with Gasteiger partial charge in [0.15, 0.2) is 11.0 Å². The molecule has 0 aliphatic carbocycles. The van der Waals surface area contributed by atoms with E-state index in [4.69, 9.17) is 46.2 Å². The Morgan fingerprint density at radius 2 is 1.95 bits per heavy atom. The monoisotopic (exact) mass is 613 g/mol. The first-order valence-electron chi connectivity index (χ1n) is 13.2. The average Bonchev–Trinajstić information content (AvgIpc) is 3.00. The Balaban J connectivity index is 1.74. The largest absolute Gasteiger partial charge is 0.530 e. The number of hydrogen-bond donors (Lipinski definition) is 3. The van der Waals surface area contributed by atoms with E-state index >= 15 is 8.78 Å². The molecule has 0 spiro atoms. The number of ether oxygens (including phenoxy) is 1. The lowest BCUT2D eigenvalue weighted by atomic mass is 9.78. The predicted octanol–water partition coefficient (Wildman–Crippen LogP) is 4.94. The number of aliphatic hydroxyl groups is 2. The van der Waals surface area contributed by atoms with Gasteiger partial charge in [0.25, 0.3) is 11.4 Å². The molecule has 1 saturated heterocycles. The van der Waals surface area contributed by atoms with Gasteiger partial charge in [0.2, 0.25) is 0 Å². The number of phosphoric acid groups is 1. The molecule has 39 heavy (non-hydrogen) atoms. The fraction of sp³-hybridized carbons (Fsp3) is 0.583. The summed E-state index contributed by atoms with van der Waals surface area (Å²) in [4.78, 5) is 13.8. The zero-order valence-electron chi connectivity index (χ0n) is 24.8. The lowest BCUT2D eigenvalue weighted by molar-refractivity contribution is -0.205. The molecule has 1 aromatic carbocycles. The van der Waals surface area contributed by atoms with Crippen molar-refractivity contribution in [3.05, 3.63) is 54.9 Å². The maximum atomic E-state index is 16.3. The Kier molecular flexibility index (Phi) is 6.71. The lowest BCUT2D eigenvalue weighted by Gasteiger charge is -2.34. The van der Waals surface area contributed by atoms with Crippen molar-refractivity contribution in [1.82, 2.24) is 9.55 Å². The van der Waals surface area contributed by atoms with E-state index in [0.717, 1.165) is 0 Å². The number of alkyl halides is 1. The summed E-state index contributed by atoms with van der Waals surface area (Å²) in [7, 11) is -5.13. The van der Waals surface area contributed by atoms with Gasteiger partial charge in [-0.05, 0) is 34.7 Å².